The molecule has 0 saturated heterocycles. The third-order valence-electron chi connectivity index (χ3n) is 3.22. The minimum Gasteiger partial charge on any atom is -0.310 e. The summed E-state index contributed by atoms with van der Waals surface area (Å²) in [5.41, 5.74) is 1.94. The first kappa shape index (κ1) is 13.7. The van der Waals surface area contributed by atoms with E-state index in [2.05, 4.69) is 23.3 Å². The lowest BCUT2D eigenvalue weighted by Crippen LogP contribution is -2.24. The van der Waals surface area contributed by atoms with Gasteiger partial charge in [-0.3, -0.25) is 4.98 Å². The van der Waals surface area contributed by atoms with Gasteiger partial charge in [-0.15, -0.1) is 0 Å². The van der Waals surface area contributed by atoms with E-state index in [1.807, 2.05) is 24.4 Å². The average molecular weight is 258 g/mol. The van der Waals surface area contributed by atoms with Crippen LogP contribution in [-0.2, 0) is 6.42 Å². The van der Waals surface area contributed by atoms with Crippen molar-refractivity contribution in [3.05, 3.63) is 65.7 Å². The number of hydrogen-bond acceptors (Lipinski definition) is 2. The summed E-state index contributed by atoms with van der Waals surface area (Å²) in [7, 11) is 0. The van der Waals surface area contributed by atoms with Gasteiger partial charge in [0, 0.05) is 24.0 Å². The van der Waals surface area contributed by atoms with Crippen LogP contribution in [0.3, 0.4) is 0 Å². The van der Waals surface area contributed by atoms with Crippen LogP contribution in [0.4, 0.5) is 4.39 Å². The Morgan fingerprint density at radius 1 is 1.21 bits per heavy atom. The Hall–Kier alpha value is -1.74. The van der Waals surface area contributed by atoms with Crippen molar-refractivity contribution >= 4 is 0 Å². The van der Waals surface area contributed by atoms with Crippen molar-refractivity contribution in [3.8, 4) is 0 Å². The Labute approximate surface area is 113 Å². The molecule has 1 aromatic carbocycles. The van der Waals surface area contributed by atoms with E-state index in [4.69, 9.17) is 0 Å². The minimum atomic E-state index is -0.136. The maximum Gasteiger partial charge on any atom is 0.127 e. The molecule has 1 aromatic heterocycles. The lowest BCUT2D eigenvalue weighted by Gasteiger charge is -2.18. The second-order valence-corrected chi connectivity index (χ2v) is 4.55. The fourth-order valence-electron chi connectivity index (χ4n) is 2.17. The molecule has 0 amide bonds. The zero-order valence-electron chi connectivity index (χ0n) is 11.1. The maximum absolute atomic E-state index is 13.7. The van der Waals surface area contributed by atoms with Gasteiger partial charge in [-0.1, -0.05) is 31.2 Å². The zero-order valence-corrected chi connectivity index (χ0v) is 11.1. The highest BCUT2D eigenvalue weighted by molar-refractivity contribution is 5.21. The highest BCUT2D eigenvalue weighted by atomic mass is 19.1. The van der Waals surface area contributed by atoms with E-state index in [1.54, 1.807) is 12.3 Å². The summed E-state index contributed by atoms with van der Waals surface area (Å²) >= 11 is 0. The molecular formula is C16H19FN2. The van der Waals surface area contributed by atoms with Crippen LogP contribution in [0, 0.1) is 5.82 Å². The summed E-state index contributed by atoms with van der Waals surface area (Å²) in [6.07, 6.45) is 5.41. The van der Waals surface area contributed by atoms with Crippen LogP contribution in [0.25, 0.3) is 0 Å². The van der Waals surface area contributed by atoms with Crippen LogP contribution >= 0.6 is 0 Å². The van der Waals surface area contributed by atoms with Gasteiger partial charge in [-0.05, 0) is 37.1 Å². The van der Waals surface area contributed by atoms with E-state index in [9.17, 15) is 4.39 Å². The van der Waals surface area contributed by atoms with Gasteiger partial charge in [-0.25, -0.2) is 4.39 Å². The van der Waals surface area contributed by atoms with Crippen LogP contribution in [-0.4, -0.2) is 11.5 Å². The Morgan fingerprint density at radius 2 is 2.05 bits per heavy atom. The fourth-order valence-corrected chi connectivity index (χ4v) is 2.17. The number of benzene rings is 1. The summed E-state index contributed by atoms with van der Waals surface area (Å²) in [6, 6.07) is 11.0. The largest absolute Gasteiger partial charge is 0.310 e. The molecule has 0 bridgehead atoms. The predicted molar refractivity (Wildman–Crippen MR) is 75.4 cm³/mol. The molecule has 100 valence electrons. The first-order valence-electron chi connectivity index (χ1n) is 6.68. The number of rotatable bonds is 6. The van der Waals surface area contributed by atoms with Crippen LogP contribution in [0.1, 0.15) is 30.5 Å². The Kier molecular flexibility index (Phi) is 5.04. The van der Waals surface area contributed by atoms with Crippen LogP contribution in [0.5, 0.6) is 0 Å². The fraction of sp³-hybridized carbons (Fsp3) is 0.312. The molecule has 2 aromatic rings. The van der Waals surface area contributed by atoms with Crippen molar-refractivity contribution < 1.29 is 4.39 Å². The van der Waals surface area contributed by atoms with Crippen LogP contribution < -0.4 is 5.32 Å². The van der Waals surface area contributed by atoms with Crippen molar-refractivity contribution in [3.63, 3.8) is 0 Å². The van der Waals surface area contributed by atoms with Gasteiger partial charge in [-0.2, -0.15) is 0 Å². The molecule has 19 heavy (non-hydrogen) atoms. The first-order chi connectivity index (χ1) is 9.31. The molecule has 0 saturated carbocycles. The molecule has 0 fully saturated rings. The second kappa shape index (κ2) is 7.00. The molecule has 0 aliphatic rings. The Morgan fingerprint density at radius 3 is 2.74 bits per heavy atom. The molecule has 2 rings (SSSR count). The Bertz CT molecular complexity index is 499. The van der Waals surface area contributed by atoms with Gasteiger partial charge in [0.1, 0.15) is 5.82 Å². The smallest absolute Gasteiger partial charge is 0.127 e. The molecule has 1 atom stereocenters. The molecule has 1 N–H and O–H groups in total. The highest BCUT2D eigenvalue weighted by Crippen LogP contribution is 2.19. The summed E-state index contributed by atoms with van der Waals surface area (Å²) in [4.78, 5) is 4.09. The van der Waals surface area contributed by atoms with Gasteiger partial charge >= 0.3 is 0 Å². The molecule has 0 aliphatic carbocycles. The van der Waals surface area contributed by atoms with Gasteiger partial charge in [0.25, 0.3) is 0 Å². The lowest BCUT2D eigenvalue weighted by atomic mass is 10.0. The second-order valence-electron chi connectivity index (χ2n) is 4.55. The van der Waals surface area contributed by atoms with Crippen molar-refractivity contribution in [1.82, 2.24) is 10.3 Å². The molecule has 3 heteroatoms. The predicted octanol–water partition coefficient (Wildman–Crippen LogP) is 3.50. The van der Waals surface area contributed by atoms with Gasteiger partial charge in [0.05, 0.1) is 0 Å². The molecule has 0 radical (unpaired) electrons. The number of pyridine rings is 1. The number of aromatic nitrogens is 1. The van der Waals surface area contributed by atoms with Crippen molar-refractivity contribution in [2.45, 2.75) is 25.8 Å². The quantitative estimate of drug-likeness (QED) is 0.857. The van der Waals surface area contributed by atoms with E-state index in [-0.39, 0.29) is 11.9 Å². The van der Waals surface area contributed by atoms with E-state index in [0.29, 0.717) is 0 Å². The molecule has 0 spiro atoms. The van der Waals surface area contributed by atoms with E-state index >= 15 is 0 Å². The molecule has 1 heterocycles. The maximum atomic E-state index is 13.7. The molecule has 1 unspecified atom stereocenters. The van der Waals surface area contributed by atoms with E-state index in [1.165, 1.54) is 11.6 Å². The summed E-state index contributed by atoms with van der Waals surface area (Å²) in [5, 5.41) is 3.41. The van der Waals surface area contributed by atoms with E-state index in [0.717, 1.165) is 24.9 Å². The third-order valence-corrected chi connectivity index (χ3v) is 3.22. The third kappa shape index (κ3) is 3.86. The number of nitrogens with zero attached hydrogens (tertiary/aromatic N) is 1. The lowest BCUT2D eigenvalue weighted by molar-refractivity contribution is 0.491. The van der Waals surface area contributed by atoms with Crippen molar-refractivity contribution in [1.29, 1.82) is 0 Å². The SMILES string of the molecule is CCC(NCCc1cccnc1)c1ccccc1F. The first-order valence-corrected chi connectivity index (χ1v) is 6.68. The molecule has 2 nitrogen and oxygen atoms in total. The molecule has 0 aliphatic heterocycles. The van der Waals surface area contributed by atoms with Crippen LogP contribution in [0.15, 0.2) is 48.8 Å². The molecular weight excluding hydrogens is 239 g/mol. The topological polar surface area (TPSA) is 24.9 Å². The number of nitrogens with one attached hydrogen (secondary N) is 1. The van der Waals surface area contributed by atoms with Crippen molar-refractivity contribution in [2.24, 2.45) is 0 Å². The van der Waals surface area contributed by atoms with Crippen molar-refractivity contribution in [2.75, 3.05) is 6.54 Å². The Balaban J connectivity index is 1.92. The minimum absolute atomic E-state index is 0.0675. The summed E-state index contributed by atoms with van der Waals surface area (Å²) < 4.78 is 13.7. The van der Waals surface area contributed by atoms with Gasteiger partial charge in [0.15, 0.2) is 0 Å². The number of hydrogen-bond donors (Lipinski definition) is 1. The normalized spacial score (nSPS) is 12.3. The highest BCUT2D eigenvalue weighted by Gasteiger charge is 2.12. The zero-order chi connectivity index (χ0) is 13.5. The standard InChI is InChI=1S/C16H19FN2/c1-2-16(14-7-3-4-8-15(14)17)19-11-9-13-6-5-10-18-12-13/h3-8,10,12,16,19H,2,9,11H2,1H3. The van der Waals surface area contributed by atoms with Gasteiger partial charge < -0.3 is 5.32 Å². The summed E-state index contributed by atoms with van der Waals surface area (Å²) in [6.45, 7) is 2.88. The summed E-state index contributed by atoms with van der Waals surface area (Å²) in [5.74, 6) is -0.136. The van der Waals surface area contributed by atoms with Gasteiger partial charge in [0.2, 0.25) is 0 Å². The van der Waals surface area contributed by atoms with E-state index < -0.39 is 0 Å². The monoisotopic (exact) mass is 258 g/mol. The van der Waals surface area contributed by atoms with Crippen LogP contribution in [0.2, 0.25) is 0 Å². The average Bonchev–Trinajstić information content (AvgIpc) is 2.46. The number of halogens is 1.